The van der Waals surface area contributed by atoms with Gasteiger partial charge in [-0.05, 0) is 24.3 Å². The zero-order chi connectivity index (χ0) is 11.7. The van der Waals surface area contributed by atoms with Crippen LogP contribution in [0.1, 0.15) is 16.1 Å². The van der Waals surface area contributed by atoms with Crippen molar-refractivity contribution in [2.75, 3.05) is 5.73 Å². The first-order valence-electron chi connectivity index (χ1n) is 4.67. The molecule has 1 aromatic heterocycles. The van der Waals surface area contributed by atoms with Crippen molar-refractivity contribution in [3.63, 3.8) is 0 Å². The number of rotatable bonds is 2. The third kappa shape index (κ3) is 1.92. The maximum Gasteiger partial charge on any atom is 0.215 e. The molecule has 0 radical (unpaired) electrons. The molecule has 1 aromatic carbocycles. The van der Waals surface area contributed by atoms with E-state index in [1.807, 2.05) is 0 Å². The van der Waals surface area contributed by atoms with Crippen LogP contribution in [0.15, 0.2) is 30.5 Å². The highest BCUT2D eigenvalue weighted by Crippen LogP contribution is 2.20. The zero-order valence-electron chi connectivity index (χ0n) is 8.64. The number of nitrogens with zero attached hydrogens (tertiary/aromatic N) is 2. The molecule has 1 heterocycles. The predicted molar refractivity (Wildman–Crippen MR) is 62.5 cm³/mol. The largest absolute Gasteiger partial charge is 0.398 e. The first-order chi connectivity index (χ1) is 7.58. The van der Waals surface area contributed by atoms with Gasteiger partial charge in [0.05, 0.1) is 0 Å². The normalized spacial score (nSPS) is 10.4. The van der Waals surface area contributed by atoms with Gasteiger partial charge >= 0.3 is 0 Å². The lowest BCUT2D eigenvalue weighted by Gasteiger charge is -2.02. The van der Waals surface area contributed by atoms with E-state index in [0.717, 1.165) is 0 Å². The molecule has 0 amide bonds. The van der Waals surface area contributed by atoms with E-state index in [-0.39, 0.29) is 5.78 Å². The third-order valence-corrected chi connectivity index (χ3v) is 2.44. The minimum atomic E-state index is -0.199. The predicted octanol–water partition coefficient (Wildman–Crippen LogP) is 1.89. The summed E-state index contributed by atoms with van der Waals surface area (Å²) in [6, 6.07) is 6.44. The average Bonchev–Trinajstić information content (AvgIpc) is 2.64. The van der Waals surface area contributed by atoms with Crippen LogP contribution in [0.5, 0.6) is 0 Å². The van der Waals surface area contributed by atoms with Gasteiger partial charge in [-0.15, -0.1) is 0 Å². The number of ketones is 1. The minimum absolute atomic E-state index is 0.199. The number of aromatic nitrogens is 2. The molecule has 2 aromatic rings. The Bertz CT molecular complexity index is 548. The van der Waals surface area contributed by atoms with Gasteiger partial charge in [0.15, 0.2) is 0 Å². The van der Waals surface area contributed by atoms with Gasteiger partial charge in [-0.3, -0.25) is 9.48 Å². The molecule has 0 bridgehead atoms. The molecule has 0 unspecified atom stereocenters. The Kier molecular flexibility index (Phi) is 2.66. The summed E-state index contributed by atoms with van der Waals surface area (Å²) in [6.07, 6.45) is 1.71. The molecule has 0 atom stereocenters. The van der Waals surface area contributed by atoms with Crippen molar-refractivity contribution in [1.82, 2.24) is 9.78 Å². The van der Waals surface area contributed by atoms with Gasteiger partial charge in [0, 0.05) is 29.5 Å². The molecule has 0 aliphatic heterocycles. The van der Waals surface area contributed by atoms with Crippen LogP contribution in [0.25, 0.3) is 0 Å². The van der Waals surface area contributed by atoms with Crippen molar-refractivity contribution in [1.29, 1.82) is 0 Å². The first-order valence-corrected chi connectivity index (χ1v) is 5.05. The topological polar surface area (TPSA) is 60.9 Å². The molecule has 0 fully saturated rings. The van der Waals surface area contributed by atoms with Crippen molar-refractivity contribution < 1.29 is 4.79 Å². The standard InChI is InChI=1S/C11H10ClN3O/c1-15-5-4-10(14-15)11(16)8-3-2-7(12)6-9(8)13/h2-6H,13H2,1H3. The van der Waals surface area contributed by atoms with E-state index < -0.39 is 0 Å². The quantitative estimate of drug-likeness (QED) is 0.639. The highest BCUT2D eigenvalue weighted by atomic mass is 35.5. The number of nitrogens with two attached hydrogens (primary N) is 1. The van der Waals surface area contributed by atoms with Crippen molar-refractivity contribution in [2.24, 2.45) is 7.05 Å². The van der Waals surface area contributed by atoms with Gasteiger partial charge in [0.25, 0.3) is 0 Å². The van der Waals surface area contributed by atoms with Crippen LogP contribution in [0.2, 0.25) is 5.02 Å². The van der Waals surface area contributed by atoms with Crippen LogP contribution < -0.4 is 5.73 Å². The molecule has 0 aliphatic carbocycles. The van der Waals surface area contributed by atoms with Crippen LogP contribution in [0, 0.1) is 0 Å². The highest BCUT2D eigenvalue weighted by molar-refractivity contribution is 6.31. The number of hydrogen-bond donors (Lipinski definition) is 1. The molecule has 5 heteroatoms. The SMILES string of the molecule is Cn1ccc(C(=O)c2ccc(Cl)cc2N)n1. The molecule has 16 heavy (non-hydrogen) atoms. The summed E-state index contributed by atoms with van der Waals surface area (Å²) < 4.78 is 1.57. The maximum absolute atomic E-state index is 12.0. The molecule has 2 N–H and O–H groups in total. The van der Waals surface area contributed by atoms with Crippen molar-refractivity contribution in [2.45, 2.75) is 0 Å². The van der Waals surface area contributed by atoms with Crippen LogP contribution >= 0.6 is 11.6 Å². The summed E-state index contributed by atoms with van der Waals surface area (Å²) in [5, 5.41) is 4.54. The molecule has 0 aliphatic rings. The summed E-state index contributed by atoms with van der Waals surface area (Å²) >= 11 is 5.76. The fourth-order valence-electron chi connectivity index (χ4n) is 1.41. The lowest BCUT2D eigenvalue weighted by atomic mass is 10.1. The number of halogens is 1. The smallest absolute Gasteiger partial charge is 0.215 e. The zero-order valence-corrected chi connectivity index (χ0v) is 9.40. The number of carbonyl (C=O) groups is 1. The Labute approximate surface area is 97.6 Å². The number of carbonyl (C=O) groups excluding carboxylic acids is 1. The Balaban J connectivity index is 2.41. The summed E-state index contributed by atoms with van der Waals surface area (Å²) in [5.41, 5.74) is 6.88. The van der Waals surface area contributed by atoms with E-state index in [9.17, 15) is 4.79 Å². The van der Waals surface area contributed by atoms with E-state index in [1.165, 1.54) is 0 Å². The van der Waals surface area contributed by atoms with Gasteiger partial charge in [0.2, 0.25) is 5.78 Å². The maximum atomic E-state index is 12.0. The number of aryl methyl sites for hydroxylation is 1. The van der Waals surface area contributed by atoms with E-state index in [4.69, 9.17) is 17.3 Å². The van der Waals surface area contributed by atoms with Gasteiger partial charge < -0.3 is 5.73 Å². The molecule has 4 nitrogen and oxygen atoms in total. The Morgan fingerprint density at radius 1 is 1.44 bits per heavy atom. The van der Waals surface area contributed by atoms with Crippen LogP contribution in [-0.4, -0.2) is 15.6 Å². The van der Waals surface area contributed by atoms with Gasteiger partial charge in [-0.2, -0.15) is 5.10 Å². The number of anilines is 1. The number of hydrogen-bond acceptors (Lipinski definition) is 3. The molecular weight excluding hydrogens is 226 g/mol. The number of benzene rings is 1. The fourth-order valence-corrected chi connectivity index (χ4v) is 1.60. The van der Waals surface area contributed by atoms with Crippen LogP contribution in [-0.2, 0) is 7.05 Å². The van der Waals surface area contributed by atoms with Gasteiger partial charge in [0.1, 0.15) is 5.69 Å². The summed E-state index contributed by atoms with van der Waals surface area (Å²) in [6.45, 7) is 0. The Morgan fingerprint density at radius 3 is 2.75 bits per heavy atom. The van der Waals surface area contributed by atoms with Gasteiger partial charge in [-0.1, -0.05) is 11.6 Å². The van der Waals surface area contributed by atoms with E-state index in [1.54, 1.807) is 42.2 Å². The molecule has 0 spiro atoms. The van der Waals surface area contributed by atoms with E-state index >= 15 is 0 Å². The summed E-state index contributed by atoms with van der Waals surface area (Å²) in [4.78, 5) is 12.0. The number of nitrogen functional groups attached to an aromatic ring is 1. The lowest BCUT2D eigenvalue weighted by molar-refractivity contribution is 0.103. The average molecular weight is 236 g/mol. The third-order valence-electron chi connectivity index (χ3n) is 2.20. The second-order valence-electron chi connectivity index (χ2n) is 3.44. The van der Waals surface area contributed by atoms with Crippen molar-refractivity contribution >= 4 is 23.1 Å². The lowest BCUT2D eigenvalue weighted by Crippen LogP contribution is -2.06. The monoisotopic (exact) mass is 235 g/mol. The van der Waals surface area contributed by atoms with E-state index in [2.05, 4.69) is 5.10 Å². The second kappa shape index (κ2) is 3.98. The Morgan fingerprint density at radius 2 is 2.19 bits per heavy atom. The first kappa shape index (κ1) is 10.7. The summed E-state index contributed by atoms with van der Waals surface area (Å²) in [5.74, 6) is -0.199. The Hall–Kier alpha value is -1.81. The van der Waals surface area contributed by atoms with Crippen molar-refractivity contribution in [3.05, 3.63) is 46.7 Å². The molecule has 2 rings (SSSR count). The molecule has 0 saturated heterocycles. The van der Waals surface area contributed by atoms with Crippen LogP contribution in [0.3, 0.4) is 0 Å². The second-order valence-corrected chi connectivity index (χ2v) is 3.87. The highest BCUT2D eigenvalue weighted by Gasteiger charge is 2.14. The molecular formula is C11H10ClN3O. The van der Waals surface area contributed by atoms with Crippen molar-refractivity contribution in [3.8, 4) is 0 Å². The minimum Gasteiger partial charge on any atom is -0.398 e. The summed E-state index contributed by atoms with van der Waals surface area (Å²) in [7, 11) is 1.75. The van der Waals surface area contributed by atoms with E-state index in [0.29, 0.717) is 22.0 Å². The van der Waals surface area contributed by atoms with Crippen LogP contribution in [0.4, 0.5) is 5.69 Å². The van der Waals surface area contributed by atoms with Gasteiger partial charge in [-0.25, -0.2) is 0 Å². The molecule has 82 valence electrons. The fraction of sp³-hybridized carbons (Fsp3) is 0.0909. The molecule has 0 saturated carbocycles.